The predicted molar refractivity (Wildman–Crippen MR) is 227 cm³/mol. The molecule has 4 heterocycles. The monoisotopic (exact) mass is 966 g/mol. The molecule has 8 aliphatic rings. The second-order valence-corrected chi connectivity index (χ2v) is 23.1. The highest BCUT2D eigenvalue weighted by atomic mass is 32.2. The Hall–Kier alpha value is -1.03. The van der Waals surface area contributed by atoms with Crippen LogP contribution in [0.3, 0.4) is 0 Å². The van der Waals surface area contributed by atoms with Crippen molar-refractivity contribution < 1.29 is 97.2 Å². The van der Waals surface area contributed by atoms with E-state index in [4.69, 9.17) is 33.2 Å². The normalized spacial score (nSPS) is 53.3. The SMILES string of the molecule is CC(CCC1(O)OC2CC3C4CC=C5CC(OC6OC(CO)C(OC7OC(C)C(O)C(O)C7O)C(O)C6S(=O)(=O)O)CCC5(C)C4CCC3(C)C2C1C)COC1OC(CO)C(O)C(O)C1O. The van der Waals surface area contributed by atoms with E-state index in [2.05, 4.69) is 26.8 Å². The maximum absolute atomic E-state index is 12.8. The van der Waals surface area contributed by atoms with Crippen LogP contribution in [0.1, 0.15) is 92.4 Å². The van der Waals surface area contributed by atoms with E-state index in [9.17, 15) is 64.0 Å². The van der Waals surface area contributed by atoms with E-state index in [0.29, 0.717) is 43.4 Å². The zero-order valence-corrected chi connectivity index (χ0v) is 39.2. The summed E-state index contributed by atoms with van der Waals surface area (Å²) in [6.07, 6.45) is -13.2. The molecule has 0 bridgehead atoms. The quantitative estimate of drug-likeness (QED) is 0.0784. The van der Waals surface area contributed by atoms with Crippen LogP contribution in [0.5, 0.6) is 0 Å². The molecule has 21 heteroatoms. The summed E-state index contributed by atoms with van der Waals surface area (Å²) in [7, 11) is -5.06. The molecule has 4 aliphatic carbocycles. The Bertz CT molecular complexity index is 1840. The highest BCUT2D eigenvalue weighted by molar-refractivity contribution is 7.86. The van der Waals surface area contributed by atoms with Crippen LogP contribution in [0.25, 0.3) is 0 Å². The molecule has 20 nitrogen and oxygen atoms in total. The van der Waals surface area contributed by atoms with E-state index < -0.39 is 126 Å². The molecular formula is C45H74O20S. The average Bonchev–Trinajstić information content (AvgIpc) is 3.70. The average molecular weight is 967 g/mol. The smallest absolute Gasteiger partial charge is 0.275 e. The van der Waals surface area contributed by atoms with Gasteiger partial charge < -0.3 is 84.2 Å². The van der Waals surface area contributed by atoms with Gasteiger partial charge in [-0.1, -0.05) is 39.3 Å². The van der Waals surface area contributed by atoms with E-state index >= 15 is 0 Å². The van der Waals surface area contributed by atoms with Crippen LogP contribution in [0.2, 0.25) is 0 Å². The summed E-state index contributed by atoms with van der Waals surface area (Å²) in [5.74, 6) is -0.293. The largest absolute Gasteiger partial charge is 0.394 e. The van der Waals surface area contributed by atoms with Gasteiger partial charge in [0.1, 0.15) is 61.0 Å². The Morgan fingerprint density at radius 2 is 1.47 bits per heavy atom. The molecule has 0 radical (unpaired) electrons. The lowest BCUT2D eigenvalue weighted by molar-refractivity contribution is -0.342. The Balaban J connectivity index is 0.883. The van der Waals surface area contributed by atoms with Gasteiger partial charge in [-0.05, 0) is 98.7 Å². The van der Waals surface area contributed by atoms with Crippen LogP contribution in [0, 0.1) is 46.3 Å². The standard InChI is InChI=1S/C45H74O20S/c1-19(18-59-40-35(52)34(51)32(49)28(16-46)62-40)8-13-45(55)20(2)30-27(65-45)15-26-24-7-6-22-14-23(9-11-43(22,4)25(24)10-12-44(26,30)5)61-42-39(66(56,57)58)37(54)38(29(17-47)63-42)64-41-36(53)33(50)31(48)21(3)60-41/h6,19-21,23-42,46-55H,7-18H2,1-5H3,(H,56,57,58). The first kappa shape index (κ1) is 51.3. The number of fused-ring (bicyclic) bond motifs is 7. The zero-order valence-electron chi connectivity index (χ0n) is 38.3. The van der Waals surface area contributed by atoms with Gasteiger partial charge in [-0.3, -0.25) is 4.55 Å². The summed E-state index contributed by atoms with van der Waals surface area (Å²) >= 11 is 0. The number of aliphatic hydroxyl groups is 10. The number of hydrogen-bond acceptors (Lipinski definition) is 19. The lowest BCUT2D eigenvalue weighted by Gasteiger charge is -2.58. The number of rotatable bonds is 13. The van der Waals surface area contributed by atoms with Crippen LogP contribution in [-0.4, -0.2) is 193 Å². The van der Waals surface area contributed by atoms with Crippen molar-refractivity contribution in [2.24, 2.45) is 46.3 Å². The van der Waals surface area contributed by atoms with Gasteiger partial charge in [-0.2, -0.15) is 8.42 Å². The topological polar surface area (TPSA) is 321 Å². The summed E-state index contributed by atoms with van der Waals surface area (Å²) in [6.45, 7) is 8.96. The Morgan fingerprint density at radius 3 is 2.15 bits per heavy atom. The second kappa shape index (κ2) is 19.2. The number of hydrogen-bond donors (Lipinski definition) is 11. The molecule has 0 aromatic rings. The highest BCUT2D eigenvalue weighted by Crippen LogP contribution is 2.70. The minimum atomic E-state index is -5.06. The number of aliphatic hydroxyl groups excluding tert-OH is 9. The van der Waals surface area contributed by atoms with Gasteiger partial charge in [0, 0.05) is 12.3 Å². The molecule has 7 fully saturated rings. The third-order valence-electron chi connectivity index (χ3n) is 17.7. The molecule has 0 spiro atoms. The van der Waals surface area contributed by atoms with Crippen molar-refractivity contribution in [2.75, 3.05) is 19.8 Å². The fourth-order valence-corrected chi connectivity index (χ4v) is 14.7. The highest BCUT2D eigenvalue weighted by Gasteiger charge is 2.68. The van der Waals surface area contributed by atoms with Crippen LogP contribution in [0.4, 0.5) is 0 Å². The van der Waals surface area contributed by atoms with Crippen molar-refractivity contribution in [1.29, 1.82) is 0 Å². The first-order valence-electron chi connectivity index (χ1n) is 23.9. The van der Waals surface area contributed by atoms with Crippen molar-refractivity contribution in [2.45, 2.75) is 202 Å². The van der Waals surface area contributed by atoms with Gasteiger partial charge in [0.15, 0.2) is 29.9 Å². The van der Waals surface area contributed by atoms with Crippen molar-refractivity contribution >= 4 is 10.1 Å². The van der Waals surface area contributed by atoms with Crippen molar-refractivity contribution in [3.8, 4) is 0 Å². The number of allylic oxidation sites excluding steroid dienone is 1. The summed E-state index contributed by atoms with van der Waals surface area (Å²) in [5, 5.41) is 103. The van der Waals surface area contributed by atoms with Gasteiger partial charge in [0.05, 0.1) is 38.1 Å². The van der Waals surface area contributed by atoms with Gasteiger partial charge in [0.2, 0.25) is 0 Å². The molecule has 380 valence electrons. The summed E-state index contributed by atoms with van der Waals surface area (Å²) in [5.41, 5.74) is 0.967. The molecule has 11 N–H and O–H groups in total. The third kappa shape index (κ3) is 8.99. The lowest BCUT2D eigenvalue weighted by atomic mass is 9.47. The Kier molecular flexibility index (Phi) is 14.9. The lowest BCUT2D eigenvalue weighted by Crippen LogP contribution is -2.65. The minimum Gasteiger partial charge on any atom is -0.394 e. The molecule has 26 unspecified atom stereocenters. The molecule has 0 aromatic carbocycles. The molecule has 26 atom stereocenters. The van der Waals surface area contributed by atoms with Crippen LogP contribution < -0.4 is 0 Å². The number of ether oxygens (including phenoxy) is 7. The van der Waals surface area contributed by atoms with Crippen molar-refractivity contribution in [1.82, 2.24) is 0 Å². The van der Waals surface area contributed by atoms with Crippen molar-refractivity contribution in [3.63, 3.8) is 0 Å². The second-order valence-electron chi connectivity index (χ2n) is 21.5. The van der Waals surface area contributed by atoms with E-state index in [1.165, 1.54) is 12.5 Å². The molecule has 4 aliphatic heterocycles. The zero-order chi connectivity index (χ0) is 48.0. The van der Waals surface area contributed by atoms with Crippen LogP contribution in [-0.2, 0) is 43.3 Å². The summed E-state index contributed by atoms with van der Waals surface area (Å²) in [4.78, 5) is 0. The molecule has 3 saturated carbocycles. The van der Waals surface area contributed by atoms with Gasteiger partial charge in [-0.15, -0.1) is 0 Å². The van der Waals surface area contributed by atoms with Gasteiger partial charge >= 0.3 is 0 Å². The van der Waals surface area contributed by atoms with E-state index in [-0.39, 0.29) is 41.3 Å². The fourth-order valence-electron chi connectivity index (χ4n) is 13.8. The summed E-state index contributed by atoms with van der Waals surface area (Å²) in [6, 6.07) is 0. The first-order valence-corrected chi connectivity index (χ1v) is 25.4. The molecule has 0 aromatic heterocycles. The molecule has 0 amide bonds. The first-order chi connectivity index (χ1) is 31.0. The maximum Gasteiger partial charge on any atom is 0.275 e. The third-order valence-corrected chi connectivity index (χ3v) is 18.9. The van der Waals surface area contributed by atoms with E-state index in [0.717, 1.165) is 32.1 Å². The molecule has 66 heavy (non-hydrogen) atoms. The van der Waals surface area contributed by atoms with Crippen LogP contribution >= 0.6 is 0 Å². The van der Waals surface area contributed by atoms with E-state index in [1.807, 2.05) is 6.92 Å². The predicted octanol–water partition coefficient (Wildman–Crippen LogP) is -0.936. The van der Waals surface area contributed by atoms with E-state index in [1.54, 1.807) is 0 Å². The molecular weight excluding hydrogens is 893 g/mol. The van der Waals surface area contributed by atoms with Gasteiger partial charge in [-0.25, -0.2) is 0 Å². The summed E-state index contributed by atoms with van der Waals surface area (Å²) < 4.78 is 77.4. The Morgan fingerprint density at radius 1 is 0.803 bits per heavy atom. The maximum atomic E-state index is 12.8. The minimum absolute atomic E-state index is 0.0646. The fraction of sp³-hybridized carbons (Fsp3) is 0.956. The molecule has 4 saturated heterocycles. The Labute approximate surface area is 385 Å². The van der Waals surface area contributed by atoms with Crippen LogP contribution in [0.15, 0.2) is 11.6 Å². The molecule has 8 rings (SSSR count). The van der Waals surface area contributed by atoms with Gasteiger partial charge in [0.25, 0.3) is 10.1 Å². The van der Waals surface area contributed by atoms with Crippen molar-refractivity contribution in [3.05, 3.63) is 11.6 Å².